The largest absolute Gasteiger partial charge is 0.325 e. The van der Waals surface area contributed by atoms with Crippen molar-refractivity contribution in [2.75, 3.05) is 16.4 Å². The highest BCUT2D eigenvalue weighted by molar-refractivity contribution is 8.00. The van der Waals surface area contributed by atoms with Crippen molar-refractivity contribution in [3.8, 4) is 0 Å². The SMILES string of the molecule is CC(=O)c1ccc(NC(=O)CSc2cccc(NC(=O)/C(=C/c3ccc(F)cc3)NC(=O)c3ccccc3)c2)cc1. The predicted molar refractivity (Wildman–Crippen MR) is 159 cm³/mol. The van der Waals surface area contributed by atoms with E-state index in [2.05, 4.69) is 16.0 Å². The van der Waals surface area contributed by atoms with Crippen molar-refractivity contribution in [3.05, 3.63) is 131 Å². The van der Waals surface area contributed by atoms with Gasteiger partial charge in [-0.2, -0.15) is 0 Å². The third-order valence-electron chi connectivity index (χ3n) is 5.75. The van der Waals surface area contributed by atoms with Crippen LogP contribution >= 0.6 is 11.8 Å². The Balaban J connectivity index is 1.42. The summed E-state index contributed by atoms with van der Waals surface area (Å²) in [5, 5.41) is 8.21. The third kappa shape index (κ3) is 8.74. The highest BCUT2D eigenvalue weighted by Crippen LogP contribution is 2.23. The van der Waals surface area contributed by atoms with Crippen LogP contribution in [0.4, 0.5) is 15.8 Å². The Morgan fingerprint density at radius 1 is 0.756 bits per heavy atom. The smallest absolute Gasteiger partial charge is 0.272 e. The quantitative estimate of drug-likeness (QED) is 0.121. The van der Waals surface area contributed by atoms with Gasteiger partial charge in [0.1, 0.15) is 11.5 Å². The molecule has 0 aromatic heterocycles. The second-order valence-corrected chi connectivity index (χ2v) is 9.93. The zero-order valence-electron chi connectivity index (χ0n) is 22.0. The minimum absolute atomic E-state index is 0.0290. The Kier molecular flexibility index (Phi) is 9.80. The van der Waals surface area contributed by atoms with E-state index in [9.17, 15) is 23.6 Å². The van der Waals surface area contributed by atoms with Crippen LogP contribution in [0.5, 0.6) is 0 Å². The molecule has 7 nitrogen and oxygen atoms in total. The summed E-state index contributed by atoms with van der Waals surface area (Å²) >= 11 is 1.28. The Bertz CT molecular complexity index is 1590. The summed E-state index contributed by atoms with van der Waals surface area (Å²) in [7, 11) is 0. The molecular formula is C32H26FN3O4S. The molecule has 0 spiro atoms. The number of carbonyl (C=O) groups excluding carboxylic acids is 4. The van der Waals surface area contributed by atoms with Gasteiger partial charge in [0.15, 0.2) is 5.78 Å². The van der Waals surface area contributed by atoms with E-state index in [4.69, 9.17) is 0 Å². The number of carbonyl (C=O) groups is 4. The molecule has 206 valence electrons. The van der Waals surface area contributed by atoms with Crippen LogP contribution in [0, 0.1) is 5.82 Å². The summed E-state index contributed by atoms with van der Waals surface area (Å²) in [6.07, 6.45) is 1.46. The Labute approximate surface area is 240 Å². The summed E-state index contributed by atoms with van der Waals surface area (Å²) in [4.78, 5) is 50.6. The van der Waals surface area contributed by atoms with E-state index < -0.39 is 17.6 Å². The number of hydrogen-bond donors (Lipinski definition) is 3. The molecule has 0 saturated heterocycles. The van der Waals surface area contributed by atoms with Crippen LogP contribution in [0.3, 0.4) is 0 Å². The van der Waals surface area contributed by atoms with Gasteiger partial charge < -0.3 is 16.0 Å². The fourth-order valence-corrected chi connectivity index (χ4v) is 4.42. The van der Waals surface area contributed by atoms with Crippen LogP contribution in [-0.4, -0.2) is 29.3 Å². The molecule has 0 aliphatic heterocycles. The zero-order chi connectivity index (χ0) is 29.2. The van der Waals surface area contributed by atoms with Crippen LogP contribution in [0.15, 0.2) is 114 Å². The molecule has 0 aliphatic carbocycles. The molecule has 4 aromatic rings. The van der Waals surface area contributed by atoms with E-state index in [-0.39, 0.29) is 23.1 Å². The minimum Gasteiger partial charge on any atom is -0.325 e. The van der Waals surface area contributed by atoms with Crippen molar-refractivity contribution in [1.29, 1.82) is 0 Å². The van der Waals surface area contributed by atoms with Crippen molar-refractivity contribution >= 4 is 52.7 Å². The molecule has 0 saturated carbocycles. The molecule has 3 N–H and O–H groups in total. The fraction of sp³-hybridized carbons (Fsp3) is 0.0625. The molecule has 4 aromatic carbocycles. The van der Waals surface area contributed by atoms with Gasteiger partial charge in [-0.15, -0.1) is 11.8 Å². The van der Waals surface area contributed by atoms with Gasteiger partial charge >= 0.3 is 0 Å². The van der Waals surface area contributed by atoms with Gasteiger partial charge in [0, 0.05) is 27.4 Å². The maximum Gasteiger partial charge on any atom is 0.272 e. The number of anilines is 2. The van der Waals surface area contributed by atoms with Gasteiger partial charge in [-0.3, -0.25) is 19.2 Å². The van der Waals surface area contributed by atoms with E-state index in [1.54, 1.807) is 72.8 Å². The highest BCUT2D eigenvalue weighted by atomic mass is 32.2. The molecule has 0 bridgehead atoms. The Morgan fingerprint density at radius 2 is 1.46 bits per heavy atom. The summed E-state index contributed by atoms with van der Waals surface area (Å²) in [6, 6.07) is 27.6. The number of thioether (sulfide) groups is 1. The number of halogens is 1. The summed E-state index contributed by atoms with van der Waals surface area (Å²) in [6.45, 7) is 1.48. The van der Waals surface area contributed by atoms with Gasteiger partial charge in [-0.25, -0.2) is 4.39 Å². The molecule has 0 radical (unpaired) electrons. The average Bonchev–Trinajstić information content (AvgIpc) is 2.97. The van der Waals surface area contributed by atoms with E-state index in [0.29, 0.717) is 28.1 Å². The lowest BCUT2D eigenvalue weighted by atomic mass is 10.1. The van der Waals surface area contributed by atoms with Gasteiger partial charge in [-0.05, 0) is 85.3 Å². The topological polar surface area (TPSA) is 104 Å². The molecule has 0 heterocycles. The van der Waals surface area contributed by atoms with E-state index >= 15 is 0 Å². The standard InChI is InChI=1S/C32H26FN3O4S/c1-21(37)23-12-16-26(17-13-23)34-30(38)20-41-28-9-5-8-27(19-28)35-32(40)29(18-22-10-14-25(33)15-11-22)36-31(39)24-6-3-2-4-7-24/h2-19H,20H2,1H3,(H,34,38)(H,35,40)(H,36,39)/b29-18-. The number of nitrogens with one attached hydrogen (secondary N) is 3. The van der Waals surface area contributed by atoms with E-state index in [0.717, 1.165) is 4.90 Å². The second kappa shape index (κ2) is 13.9. The number of hydrogen-bond acceptors (Lipinski definition) is 5. The monoisotopic (exact) mass is 567 g/mol. The average molecular weight is 568 g/mol. The van der Waals surface area contributed by atoms with Crippen LogP contribution in [-0.2, 0) is 9.59 Å². The molecule has 9 heteroatoms. The number of ketones is 1. The first-order valence-corrected chi connectivity index (χ1v) is 13.5. The number of rotatable bonds is 10. The lowest BCUT2D eigenvalue weighted by molar-refractivity contribution is -0.114. The van der Waals surface area contributed by atoms with Gasteiger partial charge in [0.25, 0.3) is 11.8 Å². The first-order valence-electron chi connectivity index (χ1n) is 12.6. The molecule has 41 heavy (non-hydrogen) atoms. The van der Waals surface area contributed by atoms with Gasteiger partial charge in [0.2, 0.25) is 5.91 Å². The molecule has 0 unspecified atom stereocenters. The van der Waals surface area contributed by atoms with Crippen LogP contribution in [0.2, 0.25) is 0 Å². The Hall–Kier alpha value is -5.02. The minimum atomic E-state index is -0.576. The lowest BCUT2D eigenvalue weighted by Gasteiger charge is -2.12. The van der Waals surface area contributed by atoms with Crippen molar-refractivity contribution in [2.24, 2.45) is 0 Å². The van der Waals surface area contributed by atoms with Crippen molar-refractivity contribution in [1.82, 2.24) is 5.32 Å². The third-order valence-corrected chi connectivity index (χ3v) is 6.74. The summed E-state index contributed by atoms with van der Waals surface area (Å²) < 4.78 is 13.4. The molecule has 0 atom stereocenters. The van der Waals surface area contributed by atoms with Crippen LogP contribution in [0.1, 0.15) is 33.2 Å². The molecule has 0 fully saturated rings. The first-order chi connectivity index (χ1) is 19.8. The maximum absolute atomic E-state index is 13.4. The number of amides is 3. The zero-order valence-corrected chi connectivity index (χ0v) is 22.8. The molecule has 3 amide bonds. The highest BCUT2D eigenvalue weighted by Gasteiger charge is 2.15. The van der Waals surface area contributed by atoms with Crippen molar-refractivity contribution in [3.63, 3.8) is 0 Å². The normalized spacial score (nSPS) is 10.9. The van der Waals surface area contributed by atoms with Gasteiger partial charge in [0.05, 0.1) is 5.75 Å². The van der Waals surface area contributed by atoms with Gasteiger partial charge in [-0.1, -0.05) is 36.4 Å². The molecule has 4 rings (SSSR count). The first kappa shape index (κ1) is 29.0. The summed E-state index contributed by atoms with van der Waals surface area (Å²) in [5.74, 6) is -1.63. The van der Waals surface area contributed by atoms with Crippen LogP contribution < -0.4 is 16.0 Å². The van der Waals surface area contributed by atoms with Crippen molar-refractivity contribution in [2.45, 2.75) is 11.8 Å². The predicted octanol–water partition coefficient (Wildman–Crippen LogP) is 6.17. The maximum atomic E-state index is 13.4. The number of Topliss-reactive ketones (excluding diaryl/α,β-unsaturated/α-hetero) is 1. The van der Waals surface area contributed by atoms with E-state index in [1.807, 2.05) is 6.07 Å². The number of benzene rings is 4. The Morgan fingerprint density at radius 3 is 2.15 bits per heavy atom. The molecular weight excluding hydrogens is 541 g/mol. The van der Waals surface area contributed by atoms with Crippen molar-refractivity contribution < 1.29 is 23.6 Å². The summed E-state index contributed by atoms with van der Waals surface area (Å²) in [5.41, 5.74) is 2.47. The fourth-order valence-electron chi connectivity index (χ4n) is 3.66. The van der Waals surface area contributed by atoms with E-state index in [1.165, 1.54) is 49.0 Å². The second-order valence-electron chi connectivity index (χ2n) is 8.88. The van der Waals surface area contributed by atoms with Crippen LogP contribution in [0.25, 0.3) is 6.08 Å². The molecule has 0 aliphatic rings. The lowest BCUT2D eigenvalue weighted by Crippen LogP contribution is -2.30.